The zero-order chi connectivity index (χ0) is 17.5. The number of carbonyl (C=O) groups excluding carboxylic acids is 1. The molecule has 130 valence electrons. The maximum Gasteiger partial charge on any atom is 0.265 e. The highest BCUT2D eigenvalue weighted by atomic mass is 16.5. The number of aromatic nitrogens is 1. The number of nitrogens with zero attached hydrogens (tertiary/aromatic N) is 1. The third-order valence-electron chi connectivity index (χ3n) is 3.92. The van der Waals surface area contributed by atoms with Crippen molar-refractivity contribution in [1.29, 1.82) is 0 Å². The molecule has 0 fully saturated rings. The van der Waals surface area contributed by atoms with Gasteiger partial charge in [0.1, 0.15) is 17.1 Å². The first-order valence-corrected chi connectivity index (χ1v) is 8.09. The summed E-state index contributed by atoms with van der Waals surface area (Å²) in [6.07, 6.45) is 3.31. The second-order valence-corrected chi connectivity index (χ2v) is 5.65. The van der Waals surface area contributed by atoms with Crippen LogP contribution in [0, 0.1) is 0 Å². The smallest absolute Gasteiger partial charge is 0.265 e. The van der Waals surface area contributed by atoms with Crippen molar-refractivity contribution in [1.82, 2.24) is 5.16 Å². The Hall–Kier alpha value is -2.50. The van der Waals surface area contributed by atoms with E-state index in [0.29, 0.717) is 28.9 Å². The zero-order valence-corrected chi connectivity index (χ0v) is 14.6. The van der Waals surface area contributed by atoms with Gasteiger partial charge in [-0.05, 0) is 18.6 Å². The molecular weight excluding hydrogens is 308 g/mol. The van der Waals surface area contributed by atoms with E-state index >= 15 is 0 Å². The van der Waals surface area contributed by atoms with Gasteiger partial charge in [0, 0.05) is 12.0 Å². The van der Waals surface area contributed by atoms with E-state index < -0.39 is 0 Å². The van der Waals surface area contributed by atoms with E-state index in [9.17, 15) is 4.79 Å². The lowest BCUT2D eigenvalue weighted by molar-refractivity contribution is 0.101. The lowest BCUT2D eigenvalue weighted by Gasteiger charge is -2.11. The van der Waals surface area contributed by atoms with E-state index in [1.54, 1.807) is 24.3 Å². The summed E-state index contributed by atoms with van der Waals surface area (Å²) in [5.74, 6) is 1.10. The molecule has 2 rings (SSSR count). The van der Waals surface area contributed by atoms with Gasteiger partial charge in [-0.1, -0.05) is 37.9 Å². The van der Waals surface area contributed by atoms with Crippen LogP contribution in [0.25, 0.3) is 0 Å². The molecule has 1 aromatic heterocycles. The lowest BCUT2D eigenvalue weighted by Crippen LogP contribution is -2.14. The van der Waals surface area contributed by atoms with Crippen LogP contribution < -0.4 is 14.8 Å². The van der Waals surface area contributed by atoms with Gasteiger partial charge in [-0.25, -0.2) is 0 Å². The fourth-order valence-electron chi connectivity index (χ4n) is 2.49. The third kappa shape index (κ3) is 4.07. The Labute approximate surface area is 142 Å². The van der Waals surface area contributed by atoms with E-state index in [0.717, 1.165) is 25.0 Å². The summed E-state index contributed by atoms with van der Waals surface area (Å²) in [6.45, 7) is 4.25. The van der Waals surface area contributed by atoms with Crippen LogP contribution in [0.15, 0.2) is 28.8 Å². The molecular formula is C18H24N2O4. The van der Waals surface area contributed by atoms with Gasteiger partial charge < -0.3 is 14.0 Å². The number of benzene rings is 1. The number of carbonyl (C=O) groups is 1. The van der Waals surface area contributed by atoms with E-state index in [1.807, 2.05) is 0 Å². The summed E-state index contributed by atoms with van der Waals surface area (Å²) in [7, 11) is 3.01. The normalized spacial score (nSPS) is 11.8. The van der Waals surface area contributed by atoms with Crippen molar-refractivity contribution >= 4 is 11.8 Å². The predicted octanol–water partition coefficient (Wildman–Crippen LogP) is 4.24. The topological polar surface area (TPSA) is 73.6 Å². The molecule has 0 aliphatic rings. The van der Waals surface area contributed by atoms with Crippen LogP contribution >= 0.6 is 0 Å². The standard InChI is InChI=1S/C18H24N2O4/c1-5-6-8-12(2)13-11-16(24-20-13)19-18(21)17-14(22-3)9-7-10-15(17)23-4/h7,9-12H,5-6,8H2,1-4H3,(H,19,21). The van der Waals surface area contributed by atoms with Gasteiger partial charge in [-0.15, -0.1) is 0 Å². The number of anilines is 1. The Morgan fingerprint density at radius 3 is 2.54 bits per heavy atom. The largest absolute Gasteiger partial charge is 0.496 e. The van der Waals surface area contributed by atoms with Crippen molar-refractivity contribution in [3.63, 3.8) is 0 Å². The molecule has 1 unspecified atom stereocenters. The zero-order valence-electron chi connectivity index (χ0n) is 14.6. The van der Waals surface area contributed by atoms with Crippen LogP contribution in [0.5, 0.6) is 11.5 Å². The number of amides is 1. The van der Waals surface area contributed by atoms with Gasteiger partial charge in [0.05, 0.1) is 19.9 Å². The van der Waals surface area contributed by atoms with E-state index in [1.165, 1.54) is 14.2 Å². The Bertz CT molecular complexity index is 659. The fraction of sp³-hybridized carbons (Fsp3) is 0.444. The van der Waals surface area contributed by atoms with Gasteiger partial charge in [0.25, 0.3) is 5.91 Å². The minimum atomic E-state index is -0.367. The molecule has 0 aliphatic heterocycles. The molecule has 0 bridgehead atoms. The second-order valence-electron chi connectivity index (χ2n) is 5.65. The monoisotopic (exact) mass is 332 g/mol. The number of ether oxygens (including phenoxy) is 2. The summed E-state index contributed by atoms with van der Waals surface area (Å²) < 4.78 is 15.7. The van der Waals surface area contributed by atoms with Gasteiger partial charge in [-0.2, -0.15) is 0 Å². The minimum Gasteiger partial charge on any atom is -0.496 e. The van der Waals surface area contributed by atoms with E-state index in [2.05, 4.69) is 24.3 Å². The van der Waals surface area contributed by atoms with Gasteiger partial charge in [0.15, 0.2) is 0 Å². The number of unbranched alkanes of at least 4 members (excludes halogenated alkanes) is 1. The quantitative estimate of drug-likeness (QED) is 0.783. The molecule has 1 aromatic carbocycles. The number of hydrogen-bond acceptors (Lipinski definition) is 5. The molecule has 0 spiro atoms. The van der Waals surface area contributed by atoms with Gasteiger partial charge >= 0.3 is 0 Å². The van der Waals surface area contributed by atoms with E-state index in [-0.39, 0.29) is 5.91 Å². The molecule has 0 saturated carbocycles. The summed E-state index contributed by atoms with van der Waals surface area (Å²) >= 11 is 0. The average molecular weight is 332 g/mol. The molecule has 24 heavy (non-hydrogen) atoms. The van der Waals surface area contributed by atoms with Crippen molar-refractivity contribution in [2.45, 2.75) is 39.0 Å². The van der Waals surface area contributed by atoms with Crippen molar-refractivity contribution in [3.05, 3.63) is 35.5 Å². The van der Waals surface area contributed by atoms with Crippen LogP contribution in [0.4, 0.5) is 5.88 Å². The summed E-state index contributed by atoms with van der Waals surface area (Å²) in [6, 6.07) is 6.93. The maximum atomic E-state index is 12.6. The highest BCUT2D eigenvalue weighted by Gasteiger charge is 2.20. The first-order valence-electron chi connectivity index (χ1n) is 8.09. The van der Waals surface area contributed by atoms with Gasteiger partial charge in [-0.3, -0.25) is 10.1 Å². The van der Waals surface area contributed by atoms with Gasteiger partial charge in [0.2, 0.25) is 5.88 Å². The highest BCUT2D eigenvalue weighted by Crippen LogP contribution is 2.29. The molecule has 1 heterocycles. The lowest BCUT2D eigenvalue weighted by atomic mass is 10.0. The molecule has 0 radical (unpaired) electrons. The molecule has 1 N–H and O–H groups in total. The molecule has 1 atom stereocenters. The Morgan fingerprint density at radius 2 is 1.96 bits per heavy atom. The van der Waals surface area contributed by atoms with Crippen LogP contribution in [-0.4, -0.2) is 25.3 Å². The number of nitrogens with one attached hydrogen (secondary N) is 1. The number of rotatable bonds is 8. The predicted molar refractivity (Wildman–Crippen MR) is 91.9 cm³/mol. The highest BCUT2D eigenvalue weighted by molar-refractivity contribution is 6.07. The number of hydrogen-bond donors (Lipinski definition) is 1. The Balaban J connectivity index is 2.15. The molecule has 6 heteroatoms. The molecule has 2 aromatic rings. The van der Waals surface area contributed by atoms with Crippen LogP contribution in [0.3, 0.4) is 0 Å². The maximum absolute atomic E-state index is 12.6. The van der Waals surface area contributed by atoms with E-state index in [4.69, 9.17) is 14.0 Å². The SMILES string of the molecule is CCCCC(C)c1cc(NC(=O)c2c(OC)cccc2OC)on1. The minimum absolute atomic E-state index is 0.292. The first kappa shape index (κ1) is 17.8. The van der Waals surface area contributed by atoms with Crippen LogP contribution in [-0.2, 0) is 0 Å². The summed E-state index contributed by atoms with van der Waals surface area (Å²) in [5.41, 5.74) is 1.16. The van der Waals surface area contributed by atoms with Crippen molar-refractivity contribution < 1.29 is 18.8 Å². The molecule has 1 amide bonds. The average Bonchev–Trinajstić information content (AvgIpc) is 3.07. The Morgan fingerprint density at radius 1 is 1.29 bits per heavy atom. The third-order valence-corrected chi connectivity index (χ3v) is 3.92. The van der Waals surface area contributed by atoms with Crippen molar-refractivity contribution in [2.75, 3.05) is 19.5 Å². The summed E-state index contributed by atoms with van der Waals surface area (Å²) in [4.78, 5) is 12.6. The van der Waals surface area contributed by atoms with Crippen LogP contribution in [0.1, 0.15) is 55.1 Å². The molecule has 0 aliphatic carbocycles. The first-order chi connectivity index (χ1) is 11.6. The molecule has 0 saturated heterocycles. The summed E-state index contributed by atoms with van der Waals surface area (Å²) in [5, 5.41) is 6.76. The molecule has 6 nitrogen and oxygen atoms in total. The fourth-order valence-corrected chi connectivity index (χ4v) is 2.49. The van der Waals surface area contributed by atoms with Crippen molar-refractivity contribution in [2.24, 2.45) is 0 Å². The van der Waals surface area contributed by atoms with Crippen LogP contribution in [0.2, 0.25) is 0 Å². The number of methoxy groups -OCH3 is 2. The second kappa shape index (κ2) is 8.38. The van der Waals surface area contributed by atoms with Crippen molar-refractivity contribution in [3.8, 4) is 11.5 Å². The Kier molecular flexibility index (Phi) is 6.23.